The van der Waals surface area contributed by atoms with Gasteiger partial charge in [-0.05, 0) is 44.5 Å². The molecule has 29 heavy (non-hydrogen) atoms. The molecule has 0 aliphatic carbocycles. The van der Waals surface area contributed by atoms with Crippen LogP contribution in [0.15, 0.2) is 42.5 Å². The molecule has 0 aliphatic heterocycles. The van der Waals surface area contributed by atoms with Gasteiger partial charge in [-0.15, -0.1) is 0 Å². The lowest BCUT2D eigenvalue weighted by molar-refractivity contribution is -0.125. The molecular weight excluding hydrogens is 368 g/mol. The number of hydrogen-bond donors (Lipinski definition) is 2. The molecule has 7 heteroatoms. The van der Waals surface area contributed by atoms with Crippen LogP contribution in [0.1, 0.15) is 29.9 Å². The number of para-hydroxylation sites is 2. The number of aromatic nitrogens is 2. The first-order valence-corrected chi connectivity index (χ1v) is 9.49. The van der Waals surface area contributed by atoms with E-state index in [-0.39, 0.29) is 31.0 Å². The molecule has 1 unspecified atom stereocenters. The van der Waals surface area contributed by atoms with Crippen LogP contribution in [0.4, 0.5) is 5.69 Å². The largest absolute Gasteiger partial charge is 0.375 e. The Hall–Kier alpha value is -3.19. The zero-order valence-electron chi connectivity index (χ0n) is 17.2. The summed E-state index contributed by atoms with van der Waals surface area (Å²) in [6, 6.07) is 13.1. The Balaban J connectivity index is 1.87. The van der Waals surface area contributed by atoms with Gasteiger partial charge in [-0.1, -0.05) is 29.8 Å². The number of nitrogens with zero attached hydrogens (tertiary/aromatic N) is 2. The van der Waals surface area contributed by atoms with Crippen molar-refractivity contribution in [2.75, 3.05) is 19.0 Å². The third-order valence-corrected chi connectivity index (χ3v) is 4.68. The van der Waals surface area contributed by atoms with Crippen molar-refractivity contribution in [1.29, 1.82) is 0 Å². The summed E-state index contributed by atoms with van der Waals surface area (Å²) in [5, 5.41) is 5.83. The monoisotopic (exact) mass is 394 g/mol. The number of methoxy groups -OCH3 is 1. The topological polar surface area (TPSA) is 85.2 Å². The van der Waals surface area contributed by atoms with Gasteiger partial charge in [0.05, 0.1) is 17.1 Å². The fraction of sp³-hybridized carbons (Fsp3) is 0.318. The molecule has 2 N–H and O–H groups in total. The van der Waals surface area contributed by atoms with E-state index in [1.165, 1.54) is 7.11 Å². The standard InChI is InChI=1S/C22H26N4O3/c1-14-9-10-17(15(2)11-14)24-20(27)12-26-19-8-6-5-7-18(19)25-22(26)16(3)23-21(28)13-29-4/h5-11,16H,12-13H2,1-4H3,(H,23,28)(H,24,27). The fourth-order valence-electron chi connectivity index (χ4n) is 3.36. The minimum atomic E-state index is -0.376. The quantitative estimate of drug-likeness (QED) is 0.645. The lowest BCUT2D eigenvalue weighted by Crippen LogP contribution is -2.32. The van der Waals surface area contributed by atoms with Crippen LogP contribution >= 0.6 is 0 Å². The molecule has 0 bridgehead atoms. The fourth-order valence-corrected chi connectivity index (χ4v) is 3.36. The predicted molar refractivity (Wildman–Crippen MR) is 113 cm³/mol. The van der Waals surface area contributed by atoms with Crippen LogP contribution in [0.5, 0.6) is 0 Å². The van der Waals surface area contributed by atoms with Crippen LogP contribution in [0.3, 0.4) is 0 Å². The lowest BCUT2D eigenvalue weighted by Gasteiger charge is -2.16. The van der Waals surface area contributed by atoms with E-state index < -0.39 is 0 Å². The number of carbonyl (C=O) groups is 2. The van der Waals surface area contributed by atoms with Gasteiger partial charge in [0.1, 0.15) is 19.0 Å². The lowest BCUT2D eigenvalue weighted by atomic mass is 10.1. The number of imidazole rings is 1. The molecule has 0 aliphatic rings. The first kappa shape index (κ1) is 20.5. The maximum Gasteiger partial charge on any atom is 0.246 e. The predicted octanol–water partition coefficient (Wildman–Crippen LogP) is 3.12. The van der Waals surface area contributed by atoms with Gasteiger partial charge in [0.15, 0.2) is 0 Å². The molecule has 0 radical (unpaired) electrons. The Kier molecular flexibility index (Phi) is 6.29. The molecule has 0 saturated carbocycles. The van der Waals surface area contributed by atoms with Crippen LogP contribution < -0.4 is 10.6 Å². The van der Waals surface area contributed by atoms with E-state index in [0.717, 1.165) is 27.8 Å². The van der Waals surface area contributed by atoms with E-state index in [1.807, 2.05) is 67.8 Å². The summed E-state index contributed by atoms with van der Waals surface area (Å²) in [6.07, 6.45) is 0. The summed E-state index contributed by atoms with van der Waals surface area (Å²) in [7, 11) is 1.47. The molecule has 3 rings (SSSR count). The van der Waals surface area contributed by atoms with Gasteiger partial charge < -0.3 is 19.9 Å². The number of aryl methyl sites for hydroxylation is 2. The van der Waals surface area contributed by atoms with Crippen molar-refractivity contribution in [1.82, 2.24) is 14.9 Å². The Morgan fingerprint density at radius 2 is 1.90 bits per heavy atom. The minimum absolute atomic E-state index is 0.0300. The van der Waals surface area contributed by atoms with Gasteiger partial charge in [-0.3, -0.25) is 9.59 Å². The maximum atomic E-state index is 12.8. The number of benzene rings is 2. The molecule has 0 saturated heterocycles. The number of nitrogens with one attached hydrogen (secondary N) is 2. The van der Waals surface area contributed by atoms with Gasteiger partial charge in [0.2, 0.25) is 11.8 Å². The Bertz CT molecular complexity index is 1040. The molecule has 2 amide bonds. The number of rotatable bonds is 7. The number of hydrogen-bond acceptors (Lipinski definition) is 4. The van der Waals surface area contributed by atoms with Crippen LogP contribution in [0.25, 0.3) is 11.0 Å². The number of amides is 2. The Morgan fingerprint density at radius 3 is 2.62 bits per heavy atom. The van der Waals surface area contributed by atoms with Crippen molar-refractivity contribution in [2.45, 2.75) is 33.4 Å². The molecular formula is C22H26N4O3. The zero-order valence-corrected chi connectivity index (χ0v) is 17.2. The molecule has 2 aromatic carbocycles. The second-order valence-electron chi connectivity index (χ2n) is 7.13. The Morgan fingerprint density at radius 1 is 1.14 bits per heavy atom. The van der Waals surface area contributed by atoms with Gasteiger partial charge in [-0.2, -0.15) is 0 Å². The van der Waals surface area contributed by atoms with Crippen LogP contribution in [0.2, 0.25) is 0 Å². The van der Waals surface area contributed by atoms with Crippen LogP contribution in [-0.4, -0.2) is 35.1 Å². The highest BCUT2D eigenvalue weighted by Crippen LogP contribution is 2.22. The molecule has 3 aromatic rings. The van der Waals surface area contributed by atoms with E-state index in [9.17, 15) is 9.59 Å². The normalized spacial score (nSPS) is 12.0. The van der Waals surface area contributed by atoms with E-state index in [1.54, 1.807) is 0 Å². The van der Waals surface area contributed by atoms with E-state index in [2.05, 4.69) is 15.6 Å². The molecule has 0 spiro atoms. The average molecular weight is 394 g/mol. The van der Waals surface area contributed by atoms with E-state index in [4.69, 9.17) is 4.74 Å². The highest BCUT2D eigenvalue weighted by Gasteiger charge is 2.20. The van der Waals surface area contributed by atoms with Crippen molar-refractivity contribution in [2.24, 2.45) is 0 Å². The van der Waals surface area contributed by atoms with Crippen molar-refractivity contribution in [3.05, 3.63) is 59.4 Å². The van der Waals surface area contributed by atoms with Gasteiger partial charge in [-0.25, -0.2) is 4.98 Å². The number of fused-ring (bicyclic) bond motifs is 1. The van der Waals surface area contributed by atoms with Crippen molar-refractivity contribution in [3.63, 3.8) is 0 Å². The van der Waals surface area contributed by atoms with Gasteiger partial charge >= 0.3 is 0 Å². The van der Waals surface area contributed by atoms with Crippen molar-refractivity contribution < 1.29 is 14.3 Å². The minimum Gasteiger partial charge on any atom is -0.375 e. The van der Waals surface area contributed by atoms with Crippen molar-refractivity contribution in [3.8, 4) is 0 Å². The van der Waals surface area contributed by atoms with E-state index >= 15 is 0 Å². The summed E-state index contributed by atoms with van der Waals surface area (Å²) in [5.41, 5.74) is 4.55. The second kappa shape index (κ2) is 8.87. The molecule has 1 atom stereocenters. The van der Waals surface area contributed by atoms with Gasteiger partial charge in [0.25, 0.3) is 0 Å². The van der Waals surface area contributed by atoms with Gasteiger partial charge in [0, 0.05) is 12.8 Å². The molecule has 152 valence electrons. The molecule has 0 fully saturated rings. The summed E-state index contributed by atoms with van der Waals surface area (Å²) < 4.78 is 6.72. The first-order valence-electron chi connectivity index (χ1n) is 9.49. The molecule has 1 aromatic heterocycles. The second-order valence-corrected chi connectivity index (χ2v) is 7.13. The highest BCUT2D eigenvalue weighted by molar-refractivity contribution is 5.92. The Labute approximate surface area is 170 Å². The van der Waals surface area contributed by atoms with Crippen molar-refractivity contribution >= 4 is 28.5 Å². The number of ether oxygens (including phenoxy) is 1. The number of anilines is 1. The third-order valence-electron chi connectivity index (χ3n) is 4.68. The third kappa shape index (κ3) is 4.81. The molecule has 1 heterocycles. The summed E-state index contributed by atoms with van der Waals surface area (Å²) in [6.45, 7) is 5.88. The summed E-state index contributed by atoms with van der Waals surface area (Å²) in [4.78, 5) is 29.4. The zero-order chi connectivity index (χ0) is 21.0. The smallest absolute Gasteiger partial charge is 0.246 e. The average Bonchev–Trinajstić information content (AvgIpc) is 3.03. The van der Waals surface area contributed by atoms with Crippen LogP contribution in [0, 0.1) is 13.8 Å². The maximum absolute atomic E-state index is 12.8. The SMILES string of the molecule is COCC(=O)NC(C)c1nc2ccccc2n1CC(=O)Nc1ccc(C)cc1C. The number of carbonyl (C=O) groups excluding carboxylic acids is 2. The van der Waals surface area contributed by atoms with E-state index in [0.29, 0.717) is 5.82 Å². The first-order chi connectivity index (χ1) is 13.9. The summed E-state index contributed by atoms with van der Waals surface area (Å²) >= 11 is 0. The highest BCUT2D eigenvalue weighted by atomic mass is 16.5. The molecule has 7 nitrogen and oxygen atoms in total. The van der Waals surface area contributed by atoms with Crippen LogP contribution in [-0.2, 0) is 20.9 Å². The summed E-state index contributed by atoms with van der Waals surface area (Å²) in [5.74, 6) is 0.224.